The minimum Gasteiger partial charge on any atom is -0.345 e. The molecule has 0 aromatic heterocycles. The van der Waals surface area contributed by atoms with Crippen LogP contribution in [-0.4, -0.2) is 30.2 Å². The fourth-order valence-corrected chi connectivity index (χ4v) is 2.04. The van der Waals surface area contributed by atoms with E-state index in [0.717, 1.165) is 17.4 Å². The van der Waals surface area contributed by atoms with Gasteiger partial charge in [-0.2, -0.15) is 12.6 Å². The molecule has 1 aromatic rings. The minimum absolute atomic E-state index is 0.157. The predicted molar refractivity (Wildman–Crippen MR) is 74.0 cm³/mol. The van der Waals surface area contributed by atoms with Crippen molar-refractivity contribution in [1.82, 2.24) is 4.90 Å². The minimum atomic E-state index is 0.157. The Labute approximate surface area is 111 Å². The van der Waals surface area contributed by atoms with Crippen LogP contribution in [0.3, 0.4) is 0 Å². The Morgan fingerprint density at radius 3 is 2.88 bits per heavy atom. The van der Waals surface area contributed by atoms with E-state index in [9.17, 15) is 4.79 Å². The zero-order valence-electron chi connectivity index (χ0n) is 9.32. The van der Waals surface area contributed by atoms with E-state index in [-0.39, 0.29) is 5.91 Å². The van der Waals surface area contributed by atoms with Crippen LogP contribution in [-0.2, 0) is 11.2 Å². The van der Waals surface area contributed by atoms with Crippen LogP contribution in [0.1, 0.15) is 12.0 Å². The Bertz CT molecular complexity index is 357. The molecule has 0 saturated heterocycles. The molecule has 0 aliphatic carbocycles. The molecule has 0 spiro atoms. The molecule has 0 fully saturated rings. The van der Waals surface area contributed by atoms with Gasteiger partial charge < -0.3 is 4.90 Å². The summed E-state index contributed by atoms with van der Waals surface area (Å²) >= 11 is 7.48. The lowest BCUT2D eigenvalue weighted by Gasteiger charge is -2.16. The molecule has 4 heteroatoms. The number of hydrogen-bond donors (Lipinski definition) is 1. The van der Waals surface area contributed by atoms with E-state index in [0.29, 0.717) is 12.2 Å². The second-order valence-electron chi connectivity index (χ2n) is 3.67. The van der Waals surface area contributed by atoms with Gasteiger partial charge in [-0.15, -0.1) is 0 Å². The van der Waals surface area contributed by atoms with Gasteiger partial charge in [0.1, 0.15) is 0 Å². The van der Waals surface area contributed by atoms with Crippen molar-refractivity contribution >= 4 is 34.5 Å². The van der Waals surface area contributed by atoms with Crippen LogP contribution in [0.25, 0.3) is 0 Å². The molecule has 2 nitrogen and oxygen atoms in total. The van der Waals surface area contributed by atoms with E-state index >= 15 is 0 Å². The van der Waals surface area contributed by atoms with Crippen LogP contribution >= 0.6 is 28.6 Å². The van der Waals surface area contributed by atoms with Crippen molar-refractivity contribution in [2.75, 3.05) is 19.3 Å². The summed E-state index contributed by atoms with van der Waals surface area (Å²) in [6.07, 6.45) is 1.40. The van der Waals surface area contributed by atoms with Crippen molar-refractivity contribution in [3.63, 3.8) is 0 Å². The number of halogens is 1. The van der Waals surface area contributed by atoms with E-state index < -0.39 is 0 Å². The van der Waals surface area contributed by atoms with E-state index in [1.165, 1.54) is 5.56 Å². The van der Waals surface area contributed by atoms with E-state index in [2.05, 4.69) is 40.7 Å². The summed E-state index contributed by atoms with van der Waals surface area (Å²) in [7, 11) is 1.84. The lowest BCUT2D eigenvalue weighted by molar-refractivity contribution is -0.129. The number of carbonyl (C=O) groups is 1. The third kappa shape index (κ3) is 4.58. The van der Waals surface area contributed by atoms with Crippen molar-refractivity contribution in [2.45, 2.75) is 12.8 Å². The summed E-state index contributed by atoms with van der Waals surface area (Å²) < 4.78 is 1.08. The molecule has 0 aliphatic rings. The maximum absolute atomic E-state index is 11.5. The number of hydrogen-bond acceptors (Lipinski definition) is 2. The molecule has 1 aromatic carbocycles. The molecule has 0 radical (unpaired) electrons. The SMILES string of the molecule is CN(CCc1cccc(Br)c1)C(=O)CCS. The number of amides is 1. The average Bonchev–Trinajstić information content (AvgIpc) is 2.26. The molecule has 0 atom stereocenters. The average molecular weight is 302 g/mol. The first-order chi connectivity index (χ1) is 7.63. The molecule has 0 aliphatic heterocycles. The van der Waals surface area contributed by atoms with Crippen LogP contribution in [0, 0.1) is 0 Å². The summed E-state index contributed by atoms with van der Waals surface area (Å²) in [5, 5.41) is 0. The van der Waals surface area contributed by atoms with Crippen molar-refractivity contribution in [1.29, 1.82) is 0 Å². The van der Waals surface area contributed by atoms with E-state index in [1.807, 2.05) is 19.2 Å². The van der Waals surface area contributed by atoms with Crippen LogP contribution in [0.4, 0.5) is 0 Å². The Morgan fingerprint density at radius 1 is 1.50 bits per heavy atom. The third-order valence-electron chi connectivity index (χ3n) is 2.38. The first-order valence-electron chi connectivity index (χ1n) is 5.22. The van der Waals surface area contributed by atoms with Crippen molar-refractivity contribution in [3.8, 4) is 0 Å². The molecule has 1 rings (SSSR count). The second-order valence-corrected chi connectivity index (χ2v) is 5.03. The quantitative estimate of drug-likeness (QED) is 0.829. The highest BCUT2D eigenvalue weighted by Crippen LogP contribution is 2.12. The first kappa shape index (κ1) is 13.6. The molecule has 0 heterocycles. The van der Waals surface area contributed by atoms with Gasteiger partial charge >= 0.3 is 0 Å². The van der Waals surface area contributed by atoms with Gasteiger partial charge in [0.25, 0.3) is 0 Å². The largest absolute Gasteiger partial charge is 0.345 e. The number of nitrogens with zero attached hydrogens (tertiary/aromatic N) is 1. The zero-order chi connectivity index (χ0) is 12.0. The molecule has 1 amide bonds. The number of benzene rings is 1. The van der Waals surface area contributed by atoms with Gasteiger partial charge in [0.05, 0.1) is 0 Å². The fourth-order valence-electron chi connectivity index (χ4n) is 1.40. The van der Waals surface area contributed by atoms with E-state index in [1.54, 1.807) is 4.90 Å². The van der Waals surface area contributed by atoms with Gasteiger partial charge in [-0.05, 0) is 29.9 Å². The summed E-state index contributed by atoms with van der Waals surface area (Å²) in [4.78, 5) is 13.3. The van der Waals surface area contributed by atoms with Crippen LogP contribution in [0.15, 0.2) is 28.7 Å². The molecule has 0 saturated carbocycles. The van der Waals surface area contributed by atoms with E-state index in [4.69, 9.17) is 0 Å². The molecule has 0 N–H and O–H groups in total. The molecular formula is C12H16BrNOS. The van der Waals surface area contributed by atoms with Gasteiger partial charge in [0.15, 0.2) is 0 Å². The Kier molecular flexibility index (Phi) is 5.91. The second kappa shape index (κ2) is 6.97. The maximum Gasteiger partial charge on any atom is 0.223 e. The Hall–Kier alpha value is -0.480. The maximum atomic E-state index is 11.5. The predicted octanol–water partition coefficient (Wildman–Crippen LogP) is 2.77. The van der Waals surface area contributed by atoms with Gasteiger partial charge in [0, 0.05) is 24.5 Å². The molecule has 0 bridgehead atoms. The highest BCUT2D eigenvalue weighted by Gasteiger charge is 2.07. The Balaban J connectivity index is 2.42. The van der Waals surface area contributed by atoms with Gasteiger partial charge in [-0.25, -0.2) is 0 Å². The third-order valence-corrected chi connectivity index (χ3v) is 3.09. The highest BCUT2D eigenvalue weighted by atomic mass is 79.9. The lowest BCUT2D eigenvalue weighted by Crippen LogP contribution is -2.28. The number of likely N-dealkylation sites (N-methyl/N-ethyl adjacent to an activating group) is 1. The number of thiol groups is 1. The monoisotopic (exact) mass is 301 g/mol. The van der Waals surface area contributed by atoms with Crippen molar-refractivity contribution in [2.24, 2.45) is 0 Å². The number of rotatable bonds is 5. The summed E-state index contributed by atoms with van der Waals surface area (Å²) in [6.45, 7) is 0.753. The molecule has 0 unspecified atom stereocenters. The van der Waals surface area contributed by atoms with Crippen molar-refractivity contribution in [3.05, 3.63) is 34.3 Å². The van der Waals surface area contributed by atoms with Crippen LogP contribution < -0.4 is 0 Å². The fraction of sp³-hybridized carbons (Fsp3) is 0.417. The normalized spacial score (nSPS) is 10.2. The van der Waals surface area contributed by atoms with Gasteiger partial charge in [0.2, 0.25) is 5.91 Å². The summed E-state index contributed by atoms with van der Waals surface area (Å²) in [5.41, 5.74) is 1.24. The lowest BCUT2D eigenvalue weighted by atomic mass is 10.1. The molecular weight excluding hydrogens is 286 g/mol. The summed E-state index contributed by atoms with van der Waals surface area (Å²) in [6, 6.07) is 8.16. The number of carbonyl (C=O) groups excluding carboxylic acids is 1. The first-order valence-corrected chi connectivity index (χ1v) is 6.65. The van der Waals surface area contributed by atoms with Crippen LogP contribution in [0.5, 0.6) is 0 Å². The standard InChI is InChI=1S/C12H16BrNOS/c1-14(12(15)6-8-16)7-5-10-3-2-4-11(13)9-10/h2-4,9,16H,5-8H2,1H3. The molecule has 88 valence electrons. The van der Waals surface area contributed by atoms with Gasteiger partial charge in [-0.1, -0.05) is 28.1 Å². The van der Waals surface area contributed by atoms with Gasteiger partial charge in [-0.3, -0.25) is 4.79 Å². The molecule has 16 heavy (non-hydrogen) atoms. The zero-order valence-corrected chi connectivity index (χ0v) is 11.8. The van der Waals surface area contributed by atoms with Crippen molar-refractivity contribution < 1.29 is 4.79 Å². The summed E-state index contributed by atoms with van der Waals surface area (Å²) in [5.74, 6) is 0.769. The smallest absolute Gasteiger partial charge is 0.223 e. The van der Waals surface area contributed by atoms with Crippen LogP contribution in [0.2, 0.25) is 0 Å². The topological polar surface area (TPSA) is 20.3 Å². The highest BCUT2D eigenvalue weighted by molar-refractivity contribution is 9.10. The Morgan fingerprint density at radius 2 is 2.25 bits per heavy atom.